The summed E-state index contributed by atoms with van der Waals surface area (Å²) in [5.74, 6) is 3.05. The van der Waals surface area contributed by atoms with Crippen LogP contribution in [0.1, 0.15) is 71.8 Å². The van der Waals surface area contributed by atoms with Gasteiger partial charge in [0, 0.05) is 88.5 Å². The maximum Gasteiger partial charge on any atom is 0.303 e. The number of carboxylic acid groups (broad SMARTS) is 1. The molecule has 6 aromatic heterocycles. The first-order valence-electron chi connectivity index (χ1n) is 20.0. The third-order valence-corrected chi connectivity index (χ3v) is 9.84. The number of aliphatic hydroxyl groups excluding tert-OH is 1. The van der Waals surface area contributed by atoms with Gasteiger partial charge in [-0.3, -0.25) is 14.8 Å². The highest BCUT2D eigenvalue weighted by Crippen LogP contribution is 2.20. The number of hydrogen-bond donors (Lipinski definition) is 2. The molecule has 15 heteroatoms. The van der Waals surface area contributed by atoms with Crippen LogP contribution in [0.5, 0.6) is 0 Å². The van der Waals surface area contributed by atoms with Crippen LogP contribution in [0.2, 0.25) is 0 Å². The fraction of sp³-hybridized carbons (Fsp3) is 0.311. The molecule has 0 amide bonds. The number of carboxylic acids is 1. The van der Waals surface area contributed by atoms with E-state index in [9.17, 15) is 4.79 Å². The van der Waals surface area contributed by atoms with E-state index < -0.39 is 5.97 Å². The third-order valence-electron chi connectivity index (χ3n) is 9.84. The van der Waals surface area contributed by atoms with Crippen molar-refractivity contribution in [3.05, 3.63) is 144 Å². The Kier molecular flexibility index (Phi) is 13.9. The molecule has 0 aliphatic heterocycles. The van der Waals surface area contributed by atoms with E-state index in [-0.39, 0.29) is 12.2 Å². The van der Waals surface area contributed by atoms with Gasteiger partial charge in [0.05, 0.1) is 39.9 Å². The lowest BCUT2D eigenvalue weighted by Gasteiger charge is -1.98. The summed E-state index contributed by atoms with van der Waals surface area (Å²) in [4.78, 5) is 37.5. The van der Waals surface area contributed by atoms with Crippen LogP contribution in [-0.2, 0) is 44.6 Å². The van der Waals surface area contributed by atoms with Crippen molar-refractivity contribution >= 4 is 17.3 Å². The first-order chi connectivity index (χ1) is 28.9. The molecule has 0 fully saturated rings. The number of unbranched alkanes of at least 4 members (excludes halogenated alkanes) is 1. The number of hydrogen-bond acceptors (Lipinski definition) is 10. The summed E-state index contributed by atoms with van der Waals surface area (Å²) < 4.78 is 7.89. The second kappa shape index (κ2) is 19.6. The second-order valence-corrected chi connectivity index (χ2v) is 14.7. The number of rotatable bonds is 13. The molecule has 0 radical (unpaired) electrons. The molecule has 0 atom stereocenters. The highest BCUT2D eigenvalue weighted by molar-refractivity contribution is 5.66. The monoisotopic (exact) mass is 808 g/mol. The molecule has 60 heavy (non-hydrogen) atoms. The van der Waals surface area contributed by atoms with Gasteiger partial charge in [0.15, 0.2) is 22.9 Å². The van der Waals surface area contributed by atoms with Gasteiger partial charge in [-0.2, -0.15) is 10.2 Å². The predicted octanol–water partition coefficient (Wildman–Crippen LogP) is 7.56. The molecule has 8 rings (SSSR count). The second-order valence-electron chi connectivity index (χ2n) is 14.7. The molecule has 0 unspecified atom stereocenters. The molecule has 310 valence electrons. The molecule has 2 aromatic carbocycles. The highest BCUT2D eigenvalue weighted by Gasteiger charge is 2.14. The normalized spacial score (nSPS) is 11.0. The summed E-state index contributed by atoms with van der Waals surface area (Å²) in [6.07, 6.45) is 12.9. The van der Waals surface area contributed by atoms with Gasteiger partial charge in [-0.15, -0.1) is 0 Å². The molecule has 0 spiro atoms. The van der Waals surface area contributed by atoms with E-state index in [1.807, 2.05) is 99.6 Å². The fourth-order valence-electron chi connectivity index (χ4n) is 6.51. The number of aryl methyl sites for hydroxylation is 10. The number of allylic oxidation sites excluding steroid dienone is 1. The van der Waals surface area contributed by atoms with Crippen molar-refractivity contribution in [2.45, 2.75) is 79.1 Å². The van der Waals surface area contributed by atoms with E-state index in [1.54, 1.807) is 0 Å². The number of aliphatic hydroxyl groups is 1. The first kappa shape index (κ1) is 42.6. The zero-order chi connectivity index (χ0) is 42.8. The largest absolute Gasteiger partial charge is 0.513 e. The van der Waals surface area contributed by atoms with Crippen molar-refractivity contribution < 1.29 is 15.0 Å². The number of aliphatic carboxylic acids is 1. The van der Waals surface area contributed by atoms with Crippen molar-refractivity contribution in [1.82, 2.24) is 58.3 Å². The number of nitrogens with zero attached hydrogens (tertiary/aromatic N) is 12. The Hall–Kier alpha value is -7.03. The Morgan fingerprint density at radius 3 is 1.40 bits per heavy atom. The van der Waals surface area contributed by atoms with Crippen molar-refractivity contribution in [2.75, 3.05) is 0 Å². The Bertz CT molecular complexity index is 2430. The van der Waals surface area contributed by atoms with Crippen LogP contribution < -0.4 is 0 Å². The molecule has 2 N–H and O–H groups in total. The van der Waals surface area contributed by atoms with Crippen LogP contribution in [0.4, 0.5) is 0 Å². The molecule has 0 bridgehead atoms. The Morgan fingerprint density at radius 2 is 1.02 bits per heavy atom. The third kappa shape index (κ3) is 10.9. The minimum absolute atomic E-state index is 0.130. The molecule has 0 aliphatic carbocycles. The fourth-order valence-corrected chi connectivity index (χ4v) is 6.51. The maximum atomic E-state index is 9.96. The predicted molar refractivity (Wildman–Crippen MR) is 230 cm³/mol. The van der Waals surface area contributed by atoms with Gasteiger partial charge in [0.1, 0.15) is 11.6 Å². The smallest absolute Gasteiger partial charge is 0.303 e. The first-order valence-corrected chi connectivity index (χ1v) is 20.0. The minimum Gasteiger partial charge on any atom is -0.513 e. The summed E-state index contributed by atoms with van der Waals surface area (Å²) in [5.41, 5.74) is 9.69. The van der Waals surface area contributed by atoms with Crippen LogP contribution >= 0.6 is 0 Å². The Morgan fingerprint density at radius 1 is 0.600 bits per heavy atom. The van der Waals surface area contributed by atoms with Gasteiger partial charge < -0.3 is 19.3 Å². The van der Waals surface area contributed by atoms with E-state index in [2.05, 4.69) is 82.5 Å². The topological polar surface area (TPSA) is 179 Å². The summed E-state index contributed by atoms with van der Waals surface area (Å²) in [5, 5.41) is 26.0. The lowest BCUT2D eigenvalue weighted by atomic mass is 10.2. The lowest BCUT2D eigenvalue weighted by Crippen LogP contribution is -2.01. The standard InChI is InChI=1S/2C19H20N6.C7H12O3/c2*1-13-11-20-14(2)19-22-17(23-25(13)19)9-10-18-21-16(12-24(18)3)15-7-5-4-6-8-15;1-6(8)4-2-3-5-7(9)10/h2*4-8,11-12H,9-10H2,1-3H3;8H,1-5H2,(H,9,10). The van der Waals surface area contributed by atoms with Crippen molar-refractivity contribution in [3.8, 4) is 22.5 Å². The summed E-state index contributed by atoms with van der Waals surface area (Å²) in [6, 6.07) is 20.5. The van der Waals surface area contributed by atoms with Crippen LogP contribution in [0.15, 0.2) is 97.8 Å². The zero-order valence-electron chi connectivity index (χ0n) is 35.1. The van der Waals surface area contributed by atoms with Crippen LogP contribution in [0.3, 0.4) is 0 Å². The number of carbonyl (C=O) groups is 1. The Labute approximate surface area is 349 Å². The molecule has 15 nitrogen and oxygen atoms in total. The average molecular weight is 809 g/mol. The van der Waals surface area contributed by atoms with Gasteiger partial charge >= 0.3 is 5.97 Å². The number of aromatic nitrogens is 12. The summed E-state index contributed by atoms with van der Waals surface area (Å²) >= 11 is 0. The van der Waals surface area contributed by atoms with E-state index in [4.69, 9.17) is 20.2 Å². The van der Waals surface area contributed by atoms with Gasteiger partial charge in [-0.1, -0.05) is 67.2 Å². The van der Waals surface area contributed by atoms with Crippen molar-refractivity contribution in [1.29, 1.82) is 0 Å². The van der Waals surface area contributed by atoms with Gasteiger partial charge in [0.2, 0.25) is 0 Å². The molecule has 0 saturated carbocycles. The molecule has 0 saturated heterocycles. The maximum absolute atomic E-state index is 9.96. The minimum atomic E-state index is -0.788. The zero-order valence-corrected chi connectivity index (χ0v) is 35.1. The van der Waals surface area contributed by atoms with Crippen molar-refractivity contribution in [3.63, 3.8) is 0 Å². The summed E-state index contributed by atoms with van der Waals surface area (Å²) in [7, 11) is 4.06. The molecule has 0 aliphatic rings. The van der Waals surface area contributed by atoms with E-state index >= 15 is 0 Å². The molecular weight excluding hydrogens is 757 g/mol. The number of imidazole rings is 2. The Balaban J connectivity index is 0.000000165. The van der Waals surface area contributed by atoms with E-state index in [0.29, 0.717) is 19.3 Å². The number of fused-ring (bicyclic) bond motifs is 2. The molecule has 6 heterocycles. The lowest BCUT2D eigenvalue weighted by molar-refractivity contribution is -0.137. The molecule has 8 aromatic rings. The highest BCUT2D eigenvalue weighted by atomic mass is 16.4. The van der Waals surface area contributed by atoms with E-state index in [1.165, 1.54) is 0 Å². The average Bonchev–Trinajstić information content (AvgIpc) is 4.05. The van der Waals surface area contributed by atoms with E-state index in [0.717, 1.165) is 106 Å². The van der Waals surface area contributed by atoms with Gasteiger partial charge in [0.25, 0.3) is 0 Å². The summed E-state index contributed by atoms with van der Waals surface area (Å²) in [6.45, 7) is 11.2. The SMILES string of the molecule is C=C(O)CCCCC(=O)O.Cc1ncc(C)n2nc(CCc3nc(-c4ccccc4)cn3C)nc12.Cc1ncc(C)n2nc(CCc3nc(-c4ccccc4)cn3C)nc12. The van der Waals surface area contributed by atoms with Crippen LogP contribution in [0.25, 0.3) is 33.8 Å². The van der Waals surface area contributed by atoms with Gasteiger partial charge in [-0.25, -0.2) is 29.0 Å². The van der Waals surface area contributed by atoms with Crippen LogP contribution in [-0.4, -0.2) is 74.4 Å². The molecular formula is C45H52N12O3. The van der Waals surface area contributed by atoms with Crippen LogP contribution in [0, 0.1) is 27.7 Å². The quantitative estimate of drug-likeness (QED) is 0.0868. The van der Waals surface area contributed by atoms with Gasteiger partial charge in [-0.05, 0) is 40.5 Å². The van der Waals surface area contributed by atoms with Crippen molar-refractivity contribution in [2.24, 2.45) is 14.1 Å². The number of benzene rings is 2.